The molecule has 0 saturated heterocycles. The molecule has 2 aromatic rings. The molecular weight excluding hydrogens is 244 g/mol. The third-order valence-corrected chi connectivity index (χ3v) is 3.60. The first-order valence-corrected chi connectivity index (χ1v) is 6.96. The standard InChI is InChI=1S/C15H16O2S/c1-2-17-14-7-4-3-6-12(14)9-10-13(16)15-8-5-11-18-15/h3-8,11H,2,9-10H2,1H3. The van der Waals surface area contributed by atoms with Gasteiger partial charge in [0.1, 0.15) is 5.75 Å². The summed E-state index contributed by atoms with van der Waals surface area (Å²) in [6, 6.07) is 11.7. The quantitative estimate of drug-likeness (QED) is 0.735. The molecule has 0 atom stereocenters. The Kier molecular flexibility index (Phi) is 4.53. The van der Waals surface area contributed by atoms with Crippen molar-refractivity contribution in [3.8, 4) is 5.75 Å². The molecule has 0 unspecified atom stereocenters. The van der Waals surface area contributed by atoms with Gasteiger partial charge in [0.05, 0.1) is 11.5 Å². The van der Waals surface area contributed by atoms with Crippen LogP contribution in [0, 0.1) is 0 Å². The van der Waals surface area contributed by atoms with Gasteiger partial charge in [0.15, 0.2) is 5.78 Å². The van der Waals surface area contributed by atoms with E-state index in [1.807, 2.05) is 48.7 Å². The molecule has 2 rings (SSSR count). The highest BCUT2D eigenvalue weighted by Crippen LogP contribution is 2.21. The second-order valence-corrected chi connectivity index (χ2v) is 4.89. The topological polar surface area (TPSA) is 26.3 Å². The van der Waals surface area contributed by atoms with Crippen molar-refractivity contribution in [2.24, 2.45) is 0 Å². The highest BCUT2D eigenvalue weighted by molar-refractivity contribution is 7.12. The number of para-hydroxylation sites is 1. The number of aryl methyl sites for hydroxylation is 1. The Morgan fingerprint density at radius 2 is 2.06 bits per heavy atom. The molecule has 0 amide bonds. The zero-order valence-corrected chi connectivity index (χ0v) is 11.2. The zero-order valence-electron chi connectivity index (χ0n) is 10.4. The van der Waals surface area contributed by atoms with Gasteiger partial charge in [-0.25, -0.2) is 0 Å². The van der Waals surface area contributed by atoms with Crippen molar-refractivity contribution in [2.45, 2.75) is 19.8 Å². The number of benzene rings is 1. The third kappa shape index (κ3) is 3.20. The molecule has 1 heterocycles. The van der Waals surface area contributed by atoms with E-state index < -0.39 is 0 Å². The van der Waals surface area contributed by atoms with Crippen LogP contribution in [0.5, 0.6) is 5.75 Å². The summed E-state index contributed by atoms with van der Waals surface area (Å²) in [5.74, 6) is 1.09. The Hall–Kier alpha value is -1.61. The van der Waals surface area contributed by atoms with Gasteiger partial charge in [-0.3, -0.25) is 4.79 Å². The lowest BCUT2D eigenvalue weighted by atomic mass is 10.1. The van der Waals surface area contributed by atoms with Gasteiger partial charge in [-0.05, 0) is 36.4 Å². The molecule has 0 aliphatic heterocycles. The fourth-order valence-corrected chi connectivity index (χ4v) is 2.51. The van der Waals surface area contributed by atoms with Crippen LogP contribution in [0.1, 0.15) is 28.6 Å². The maximum absolute atomic E-state index is 11.9. The fourth-order valence-electron chi connectivity index (χ4n) is 1.82. The van der Waals surface area contributed by atoms with Gasteiger partial charge in [0.25, 0.3) is 0 Å². The molecule has 0 radical (unpaired) electrons. The number of rotatable bonds is 6. The first-order chi connectivity index (χ1) is 8.81. The zero-order chi connectivity index (χ0) is 12.8. The van der Waals surface area contributed by atoms with E-state index in [1.165, 1.54) is 11.3 Å². The molecule has 0 N–H and O–H groups in total. The predicted octanol–water partition coefficient (Wildman–Crippen LogP) is 3.96. The van der Waals surface area contributed by atoms with Gasteiger partial charge in [0.2, 0.25) is 0 Å². The number of carbonyl (C=O) groups excluding carboxylic acids is 1. The van der Waals surface area contributed by atoms with Crippen molar-refractivity contribution in [1.82, 2.24) is 0 Å². The first-order valence-electron chi connectivity index (χ1n) is 6.08. The van der Waals surface area contributed by atoms with Crippen LogP contribution in [-0.4, -0.2) is 12.4 Å². The molecule has 0 aliphatic rings. The number of ether oxygens (including phenoxy) is 1. The number of hydrogen-bond acceptors (Lipinski definition) is 3. The van der Waals surface area contributed by atoms with Crippen LogP contribution >= 0.6 is 11.3 Å². The van der Waals surface area contributed by atoms with E-state index >= 15 is 0 Å². The average molecular weight is 260 g/mol. The largest absolute Gasteiger partial charge is 0.494 e. The summed E-state index contributed by atoms with van der Waals surface area (Å²) in [6.07, 6.45) is 1.26. The van der Waals surface area contributed by atoms with E-state index in [0.29, 0.717) is 13.0 Å². The minimum absolute atomic E-state index is 0.205. The highest BCUT2D eigenvalue weighted by atomic mass is 32.1. The maximum atomic E-state index is 11.9. The summed E-state index contributed by atoms with van der Waals surface area (Å²) in [7, 11) is 0. The molecule has 2 nitrogen and oxygen atoms in total. The summed E-state index contributed by atoms with van der Waals surface area (Å²) in [5.41, 5.74) is 1.10. The Labute approximate surface area is 111 Å². The summed E-state index contributed by atoms with van der Waals surface area (Å²) in [5, 5.41) is 1.93. The van der Waals surface area contributed by atoms with Gasteiger partial charge in [-0.2, -0.15) is 0 Å². The monoisotopic (exact) mass is 260 g/mol. The van der Waals surface area contributed by atoms with Gasteiger partial charge in [0, 0.05) is 6.42 Å². The number of ketones is 1. The SMILES string of the molecule is CCOc1ccccc1CCC(=O)c1cccs1. The highest BCUT2D eigenvalue weighted by Gasteiger charge is 2.09. The maximum Gasteiger partial charge on any atom is 0.173 e. The second kappa shape index (κ2) is 6.36. The van der Waals surface area contributed by atoms with Crippen LogP contribution in [0.15, 0.2) is 41.8 Å². The van der Waals surface area contributed by atoms with Gasteiger partial charge in [-0.15, -0.1) is 11.3 Å². The van der Waals surface area contributed by atoms with Crippen LogP contribution in [0.3, 0.4) is 0 Å². The molecule has 1 aromatic heterocycles. The van der Waals surface area contributed by atoms with Crippen molar-refractivity contribution < 1.29 is 9.53 Å². The third-order valence-electron chi connectivity index (χ3n) is 2.69. The Bertz CT molecular complexity index is 503. The molecule has 0 spiro atoms. The molecule has 18 heavy (non-hydrogen) atoms. The second-order valence-electron chi connectivity index (χ2n) is 3.94. The van der Waals surface area contributed by atoms with E-state index in [1.54, 1.807) is 0 Å². The van der Waals surface area contributed by atoms with Crippen LogP contribution in [0.25, 0.3) is 0 Å². The number of hydrogen-bond donors (Lipinski definition) is 0. The minimum atomic E-state index is 0.205. The van der Waals surface area contributed by atoms with Crippen LogP contribution in [0.4, 0.5) is 0 Å². The number of thiophene rings is 1. The van der Waals surface area contributed by atoms with Crippen LogP contribution < -0.4 is 4.74 Å². The minimum Gasteiger partial charge on any atom is -0.494 e. The lowest BCUT2D eigenvalue weighted by Crippen LogP contribution is -2.01. The summed E-state index contributed by atoms with van der Waals surface area (Å²) < 4.78 is 5.55. The van der Waals surface area contributed by atoms with E-state index in [9.17, 15) is 4.79 Å². The molecule has 3 heteroatoms. The van der Waals surface area contributed by atoms with E-state index in [2.05, 4.69) is 0 Å². The van der Waals surface area contributed by atoms with E-state index in [-0.39, 0.29) is 5.78 Å². The molecule has 94 valence electrons. The van der Waals surface area contributed by atoms with Gasteiger partial charge < -0.3 is 4.74 Å². The fraction of sp³-hybridized carbons (Fsp3) is 0.267. The van der Waals surface area contributed by atoms with Crippen LogP contribution in [-0.2, 0) is 6.42 Å². The molecule has 0 fully saturated rings. The lowest BCUT2D eigenvalue weighted by molar-refractivity contribution is 0.0986. The van der Waals surface area contributed by atoms with Gasteiger partial charge in [-0.1, -0.05) is 24.3 Å². The van der Waals surface area contributed by atoms with E-state index in [0.717, 1.165) is 22.6 Å². The summed E-state index contributed by atoms with van der Waals surface area (Å²) >= 11 is 1.50. The Balaban J connectivity index is 2.00. The Morgan fingerprint density at radius 1 is 1.22 bits per heavy atom. The summed E-state index contributed by atoms with van der Waals surface area (Å²) in [6.45, 7) is 2.61. The lowest BCUT2D eigenvalue weighted by Gasteiger charge is -2.09. The van der Waals surface area contributed by atoms with Crippen LogP contribution in [0.2, 0.25) is 0 Å². The normalized spacial score (nSPS) is 10.3. The van der Waals surface area contributed by atoms with Crippen molar-refractivity contribution in [1.29, 1.82) is 0 Å². The van der Waals surface area contributed by atoms with Crippen molar-refractivity contribution in [3.05, 3.63) is 52.2 Å². The number of carbonyl (C=O) groups is 1. The van der Waals surface area contributed by atoms with Gasteiger partial charge >= 0.3 is 0 Å². The average Bonchev–Trinajstić information content (AvgIpc) is 2.92. The first kappa shape index (κ1) is 12.8. The molecule has 0 bridgehead atoms. The number of Topliss-reactive ketones (excluding diaryl/α,β-unsaturated/α-hetero) is 1. The molecule has 0 saturated carbocycles. The molecular formula is C15H16O2S. The smallest absolute Gasteiger partial charge is 0.173 e. The molecule has 1 aromatic carbocycles. The summed E-state index contributed by atoms with van der Waals surface area (Å²) in [4.78, 5) is 12.8. The molecule has 0 aliphatic carbocycles. The van der Waals surface area contributed by atoms with E-state index in [4.69, 9.17) is 4.74 Å². The van der Waals surface area contributed by atoms with Crippen molar-refractivity contribution in [2.75, 3.05) is 6.61 Å². The van der Waals surface area contributed by atoms with Crippen molar-refractivity contribution in [3.63, 3.8) is 0 Å². The predicted molar refractivity (Wildman–Crippen MR) is 74.6 cm³/mol. The Morgan fingerprint density at radius 3 is 2.78 bits per heavy atom. The van der Waals surface area contributed by atoms with Crippen molar-refractivity contribution >= 4 is 17.1 Å².